The smallest absolute Gasteiger partial charge is 0.270 e. The zero-order valence-corrected chi connectivity index (χ0v) is 14.2. The maximum Gasteiger partial charge on any atom is 0.270 e. The van der Waals surface area contributed by atoms with E-state index in [1.54, 1.807) is 11.0 Å². The number of non-ortho nitro benzene ring substituents is 1. The van der Waals surface area contributed by atoms with E-state index >= 15 is 0 Å². The summed E-state index contributed by atoms with van der Waals surface area (Å²) in [6.07, 6.45) is 3.25. The van der Waals surface area contributed by atoms with Crippen LogP contribution in [0.25, 0.3) is 0 Å². The average Bonchev–Trinajstić information content (AvgIpc) is 2.51. The minimum Gasteiger partial charge on any atom is -0.377 e. The third-order valence-electron chi connectivity index (χ3n) is 4.94. The molecule has 1 saturated carbocycles. The Morgan fingerprint density at radius 1 is 1.30 bits per heavy atom. The van der Waals surface area contributed by atoms with E-state index in [9.17, 15) is 14.9 Å². The van der Waals surface area contributed by atoms with Crippen molar-refractivity contribution in [1.29, 1.82) is 0 Å². The molecule has 3 unspecified atom stereocenters. The van der Waals surface area contributed by atoms with E-state index in [1.165, 1.54) is 18.6 Å². The van der Waals surface area contributed by atoms with Crippen LogP contribution in [-0.4, -0.2) is 31.0 Å². The van der Waals surface area contributed by atoms with Crippen molar-refractivity contribution < 1.29 is 9.72 Å². The van der Waals surface area contributed by atoms with Crippen molar-refractivity contribution in [1.82, 2.24) is 5.32 Å². The molecule has 0 aliphatic heterocycles. The molecular weight excluding hydrogens is 294 g/mol. The lowest BCUT2D eigenvalue weighted by atomic mass is 9.78. The lowest BCUT2D eigenvalue weighted by molar-refractivity contribution is -0.384. The van der Waals surface area contributed by atoms with Crippen molar-refractivity contribution in [2.45, 2.75) is 39.2 Å². The molecule has 1 aliphatic rings. The molecule has 1 amide bonds. The number of rotatable bonds is 4. The monoisotopic (exact) mass is 319 g/mol. The Labute approximate surface area is 137 Å². The van der Waals surface area contributed by atoms with Crippen LogP contribution in [0.3, 0.4) is 0 Å². The summed E-state index contributed by atoms with van der Waals surface area (Å²) in [7, 11) is 3.65. The number of carbonyl (C=O) groups is 1. The average molecular weight is 319 g/mol. The molecule has 3 atom stereocenters. The van der Waals surface area contributed by atoms with Crippen LogP contribution in [0.1, 0.15) is 43.5 Å². The number of benzene rings is 1. The third kappa shape index (κ3) is 3.81. The van der Waals surface area contributed by atoms with Crippen molar-refractivity contribution in [2.75, 3.05) is 19.0 Å². The molecule has 0 radical (unpaired) electrons. The quantitative estimate of drug-likeness (QED) is 0.683. The first-order chi connectivity index (χ1) is 10.8. The molecular formula is C17H25N3O3. The van der Waals surface area contributed by atoms with Crippen LogP contribution in [0.15, 0.2) is 18.2 Å². The number of hydrogen-bond donors (Lipinski definition) is 1. The van der Waals surface area contributed by atoms with Gasteiger partial charge in [-0.1, -0.05) is 26.7 Å². The zero-order chi connectivity index (χ0) is 17.1. The molecule has 1 fully saturated rings. The van der Waals surface area contributed by atoms with Gasteiger partial charge in [0, 0.05) is 38.0 Å². The van der Waals surface area contributed by atoms with Gasteiger partial charge in [-0.05, 0) is 24.3 Å². The van der Waals surface area contributed by atoms with Gasteiger partial charge in [0.05, 0.1) is 10.5 Å². The van der Waals surface area contributed by atoms with Gasteiger partial charge in [-0.25, -0.2) is 0 Å². The molecule has 0 heterocycles. The molecule has 2 rings (SSSR count). The molecule has 1 aromatic carbocycles. The van der Waals surface area contributed by atoms with E-state index in [-0.39, 0.29) is 17.6 Å². The molecule has 1 N–H and O–H groups in total. The largest absolute Gasteiger partial charge is 0.377 e. The van der Waals surface area contributed by atoms with Crippen LogP contribution < -0.4 is 10.2 Å². The standard InChI is InChI=1S/C17H25N3O3/c1-11-6-5-7-15(12(11)2)18-17(21)14-10-13(20(22)23)8-9-16(14)19(3)4/h8-12,15H,5-7H2,1-4H3,(H,18,21). The van der Waals surface area contributed by atoms with Crippen molar-refractivity contribution in [3.05, 3.63) is 33.9 Å². The van der Waals surface area contributed by atoms with Crippen LogP contribution in [-0.2, 0) is 0 Å². The second-order valence-corrected chi connectivity index (χ2v) is 6.70. The molecule has 0 bridgehead atoms. The maximum absolute atomic E-state index is 12.7. The summed E-state index contributed by atoms with van der Waals surface area (Å²) in [6.45, 7) is 4.37. The maximum atomic E-state index is 12.7. The summed E-state index contributed by atoms with van der Waals surface area (Å²) in [4.78, 5) is 25.0. The summed E-state index contributed by atoms with van der Waals surface area (Å²) in [5.74, 6) is 0.755. The van der Waals surface area contributed by atoms with Gasteiger partial charge < -0.3 is 10.2 Å². The second kappa shape index (κ2) is 6.98. The SMILES string of the molecule is CC1CCCC(NC(=O)c2cc([N+](=O)[O-])ccc2N(C)C)C1C. The Morgan fingerprint density at radius 3 is 2.61 bits per heavy atom. The van der Waals surface area contributed by atoms with E-state index in [0.29, 0.717) is 23.1 Å². The predicted octanol–water partition coefficient (Wildman–Crippen LogP) is 3.22. The van der Waals surface area contributed by atoms with Gasteiger partial charge in [-0.2, -0.15) is 0 Å². The van der Waals surface area contributed by atoms with Gasteiger partial charge in [-0.15, -0.1) is 0 Å². The van der Waals surface area contributed by atoms with Gasteiger partial charge in [0.15, 0.2) is 0 Å². The fourth-order valence-electron chi connectivity index (χ4n) is 3.24. The van der Waals surface area contributed by atoms with Gasteiger partial charge in [0.1, 0.15) is 0 Å². The van der Waals surface area contributed by atoms with E-state index in [0.717, 1.165) is 12.8 Å². The summed E-state index contributed by atoms with van der Waals surface area (Å²) >= 11 is 0. The number of carbonyl (C=O) groups excluding carboxylic acids is 1. The lowest BCUT2D eigenvalue weighted by Gasteiger charge is -2.34. The Bertz CT molecular complexity index is 601. The second-order valence-electron chi connectivity index (χ2n) is 6.70. The molecule has 6 heteroatoms. The van der Waals surface area contributed by atoms with Gasteiger partial charge in [0.2, 0.25) is 0 Å². The highest BCUT2D eigenvalue weighted by Gasteiger charge is 2.29. The van der Waals surface area contributed by atoms with E-state index in [1.807, 2.05) is 14.1 Å². The topological polar surface area (TPSA) is 75.5 Å². The fourth-order valence-corrected chi connectivity index (χ4v) is 3.24. The van der Waals surface area contributed by atoms with E-state index in [2.05, 4.69) is 19.2 Å². The number of anilines is 1. The van der Waals surface area contributed by atoms with Crippen LogP contribution in [0.2, 0.25) is 0 Å². The molecule has 1 aromatic rings. The normalized spacial score (nSPS) is 24.1. The van der Waals surface area contributed by atoms with Crippen LogP contribution in [0.5, 0.6) is 0 Å². The number of hydrogen-bond acceptors (Lipinski definition) is 4. The summed E-state index contributed by atoms with van der Waals surface area (Å²) < 4.78 is 0. The zero-order valence-electron chi connectivity index (χ0n) is 14.2. The molecule has 23 heavy (non-hydrogen) atoms. The van der Waals surface area contributed by atoms with Crippen molar-refractivity contribution >= 4 is 17.3 Å². The highest BCUT2D eigenvalue weighted by atomic mass is 16.6. The molecule has 126 valence electrons. The molecule has 0 spiro atoms. The minimum atomic E-state index is -0.471. The Balaban J connectivity index is 2.26. The summed E-state index contributed by atoms with van der Waals surface area (Å²) in [5.41, 5.74) is 0.977. The number of amides is 1. The first-order valence-corrected chi connectivity index (χ1v) is 8.08. The highest BCUT2D eigenvalue weighted by molar-refractivity contribution is 6.00. The number of nitrogens with zero attached hydrogens (tertiary/aromatic N) is 2. The molecule has 1 aliphatic carbocycles. The number of nitro groups is 1. The van der Waals surface area contributed by atoms with Crippen molar-refractivity contribution in [3.8, 4) is 0 Å². The minimum absolute atomic E-state index is 0.0641. The molecule has 0 saturated heterocycles. The highest BCUT2D eigenvalue weighted by Crippen LogP contribution is 2.30. The first kappa shape index (κ1) is 17.2. The number of nitrogens with one attached hydrogen (secondary N) is 1. The Morgan fingerprint density at radius 2 is 2.00 bits per heavy atom. The third-order valence-corrected chi connectivity index (χ3v) is 4.94. The molecule has 0 aromatic heterocycles. The van der Waals surface area contributed by atoms with Gasteiger partial charge in [-0.3, -0.25) is 14.9 Å². The van der Waals surface area contributed by atoms with Crippen molar-refractivity contribution in [3.63, 3.8) is 0 Å². The van der Waals surface area contributed by atoms with Crippen LogP contribution in [0, 0.1) is 22.0 Å². The first-order valence-electron chi connectivity index (χ1n) is 8.08. The Hall–Kier alpha value is -2.11. The predicted molar refractivity (Wildman–Crippen MR) is 90.9 cm³/mol. The van der Waals surface area contributed by atoms with Crippen molar-refractivity contribution in [2.24, 2.45) is 11.8 Å². The number of nitro benzene ring substituents is 1. The lowest BCUT2D eigenvalue weighted by Crippen LogP contribution is -2.44. The summed E-state index contributed by atoms with van der Waals surface area (Å²) in [6, 6.07) is 4.54. The summed E-state index contributed by atoms with van der Waals surface area (Å²) in [5, 5.41) is 14.1. The van der Waals surface area contributed by atoms with Gasteiger partial charge >= 0.3 is 0 Å². The van der Waals surface area contributed by atoms with E-state index < -0.39 is 4.92 Å². The van der Waals surface area contributed by atoms with Gasteiger partial charge in [0.25, 0.3) is 11.6 Å². The van der Waals surface area contributed by atoms with E-state index in [4.69, 9.17) is 0 Å². The fraction of sp³-hybridized carbons (Fsp3) is 0.588. The Kier molecular flexibility index (Phi) is 5.23. The molecule has 6 nitrogen and oxygen atoms in total. The van der Waals surface area contributed by atoms with Crippen LogP contribution in [0.4, 0.5) is 11.4 Å². The van der Waals surface area contributed by atoms with Crippen LogP contribution >= 0.6 is 0 Å².